The molecule has 0 atom stereocenters. The molecule has 0 aliphatic rings. The first kappa shape index (κ1) is 52.1. The largest absolute Gasteiger partial charge is 0 e. The van der Waals surface area contributed by atoms with Crippen molar-refractivity contribution in [1.29, 1.82) is 0 Å². The molecule has 9 nitrogen and oxygen atoms in total. The second-order valence-electron chi connectivity index (χ2n) is 3.83. The van der Waals surface area contributed by atoms with Crippen molar-refractivity contribution < 1.29 is 69.9 Å². The van der Waals surface area contributed by atoms with E-state index in [-0.39, 0.29) is 51.5 Å². The van der Waals surface area contributed by atoms with Gasteiger partial charge < -0.3 is 0 Å². The second kappa shape index (κ2) is 46.9. The molecule has 0 amide bonds. The van der Waals surface area contributed by atoms with Crippen molar-refractivity contribution >= 4 is 10.0 Å². The van der Waals surface area contributed by atoms with Gasteiger partial charge in [-0.2, -0.15) is 4.31 Å². The summed E-state index contributed by atoms with van der Waals surface area (Å²) < 4.78 is 71.0. The third-order valence-electron chi connectivity index (χ3n) is 2.42. The fourth-order valence-corrected chi connectivity index (χ4v) is 2.73. The number of hydrogen-bond acceptors (Lipinski definition) is 2. The molecule has 2 radical (unpaired) electrons. The van der Waals surface area contributed by atoms with Crippen LogP contribution in [0.3, 0.4) is 0 Å². The maximum Gasteiger partial charge on any atom is 0 e. The van der Waals surface area contributed by atoms with Gasteiger partial charge in [0.1, 0.15) is 0 Å². The fourth-order valence-electron chi connectivity index (χ4n) is 1.42. The summed E-state index contributed by atoms with van der Waals surface area (Å²) in [6.45, 7) is 34.6. The van der Waals surface area contributed by atoms with Crippen molar-refractivity contribution in [2.45, 2.75) is 18.7 Å². The van der Waals surface area contributed by atoms with Crippen LogP contribution in [0.25, 0.3) is 0 Å². The van der Waals surface area contributed by atoms with Gasteiger partial charge in [-0.15, -0.1) is 12.5 Å². The zero-order chi connectivity index (χ0) is 25.6. The quantitative estimate of drug-likeness (QED) is 0.238. The van der Waals surface area contributed by atoms with Crippen molar-refractivity contribution in [3.63, 3.8) is 0 Å². The molecule has 0 saturated heterocycles. The molecule has 0 fully saturated rings. The molecule has 0 heterocycles. The first-order chi connectivity index (χ1) is 14.5. The summed E-state index contributed by atoms with van der Waals surface area (Å²) in [7, 11) is -3.49. The Labute approximate surface area is 209 Å². The van der Waals surface area contributed by atoms with Gasteiger partial charge in [-0.05, 0) is 26.0 Å². The Morgan fingerprint density at radius 2 is 1.22 bits per heavy atom. The molecule has 1 aromatic rings. The van der Waals surface area contributed by atoms with Gasteiger partial charge in [0.25, 0.3) is 0 Å². The molecule has 0 unspecified atom stereocenters. The van der Waals surface area contributed by atoms with Gasteiger partial charge in [-0.3, -0.25) is 0 Å². The Morgan fingerprint density at radius 3 is 1.50 bits per heavy atom. The van der Waals surface area contributed by atoms with Crippen LogP contribution < -0.4 is 0 Å². The van der Waals surface area contributed by atoms with Crippen molar-refractivity contribution in [2.75, 3.05) is 13.1 Å². The van der Waals surface area contributed by atoms with E-state index in [9.17, 15) is 8.42 Å². The molecule has 174 valence electrons. The molecular weight excluding hydrogens is 532 g/mol. The van der Waals surface area contributed by atoms with E-state index in [1.54, 1.807) is 37.3 Å². The van der Waals surface area contributed by atoms with Crippen LogP contribution in [0.1, 0.15) is 12.5 Å². The molecule has 12 heteroatoms. The maximum absolute atomic E-state index is 12.3. The van der Waals surface area contributed by atoms with Crippen molar-refractivity contribution in [3.05, 3.63) is 82.4 Å². The van der Waals surface area contributed by atoms with Gasteiger partial charge in [0, 0.05) is 40.1 Å². The first-order valence-electron chi connectivity index (χ1n) is 6.82. The standard InChI is InChI=1S/C14H17NO2S.6CO.2Co/c1-4-6-12-15(11-5-2)18(16,17)14-9-7-13(3)8-10-14;6*1-2;;/h5,7-10H,2,11-12H2,1,3H3;;;;;;;;. The Bertz CT molecular complexity index is 782. The number of nitrogens with zero attached hydrogens (tertiary/aromatic N) is 1. The van der Waals surface area contributed by atoms with Crippen LogP contribution in [-0.2, 0) is 71.5 Å². The predicted octanol–water partition coefficient (Wildman–Crippen LogP) is 1.96. The Hall–Kier alpha value is -2.12. The van der Waals surface area contributed by atoms with E-state index in [0.717, 1.165) is 5.56 Å². The van der Waals surface area contributed by atoms with E-state index in [1.165, 1.54) is 4.31 Å². The van der Waals surface area contributed by atoms with E-state index >= 15 is 0 Å². The number of rotatable bonds is 5. The van der Waals surface area contributed by atoms with Crippen molar-refractivity contribution in [2.24, 2.45) is 0 Å². The summed E-state index contributed by atoms with van der Waals surface area (Å²) in [5, 5.41) is 0. The Kier molecular flexibility index (Phi) is 76.3. The van der Waals surface area contributed by atoms with Gasteiger partial charge in [0.2, 0.25) is 10.0 Å². The van der Waals surface area contributed by atoms with Gasteiger partial charge >= 0.3 is 67.8 Å². The van der Waals surface area contributed by atoms with Crippen LogP contribution in [0, 0.1) is 58.7 Å². The Balaban J connectivity index is -0.0000000594. The molecule has 1 rings (SSSR count). The van der Waals surface area contributed by atoms with E-state index in [2.05, 4.69) is 58.3 Å². The third-order valence-corrected chi connectivity index (χ3v) is 4.25. The van der Waals surface area contributed by atoms with Gasteiger partial charge in [0.15, 0.2) is 0 Å². The van der Waals surface area contributed by atoms with Crippen molar-refractivity contribution in [1.82, 2.24) is 4.31 Å². The molecular formula is C20H17Co2NO8S. The third kappa shape index (κ3) is 27.9. The summed E-state index contributed by atoms with van der Waals surface area (Å²) >= 11 is 0. The molecule has 0 spiro atoms. The van der Waals surface area contributed by atoms with E-state index in [4.69, 9.17) is 27.9 Å². The van der Waals surface area contributed by atoms with Gasteiger partial charge in [-0.25, -0.2) is 8.42 Å². The smallest absolute Gasteiger partial charge is 0 e. The molecule has 0 N–H and O–H groups in total. The minimum absolute atomic E-state index is 0. The summed E-state index contributed by atoms with van der Waals surface area (Å²) in [4.78, 5) is 0.285. The van der Waals surface area contributed by atoms with Gasteiger partial charge in [0.05, 0.1) is 11.4 Å². The zero-order valence-corrected chi connectivity index (χ0v) is 19.7. The molecule has 1 aromatic carbocycles. The molecule has 0 aromatic heterocycles. The maximum atomic E-state index is 12.3. The van der Waals surface area contributed by atoms with E-state index in [0.29, 0.717) is 0 Å². The normalized spacial score (nSPS) is 6.47. The summed E-state index contributed by atoms with van der Waals surface area (Å²) in [5.41, 5.74) is 1.03. The number of sulfonamides is 1. The van der Waals surface area contributed by atoms with Crippen LogP contribution >= 0.6 is 0 Å². The summed E-state index contributed by atoms with van der Waals surface area (Å²) in [5.74, 6) is 5.47. The van der Waals surface area contributed by atoms with Crippen LogP contribution in [-0.4, -0.2) is 25.8 Å². The number of benzene rings is 1. The van der Waals surface area contributed by atoms with Gasteiger partial charge in [-0.1, -0.05) is 29.7 Å². The van der Waals surface area contributed by atoms with Crippen LogP contribution in [0.2, 0.25) is 0 Å². The second-order valence-corrected chi connectivity index (χ2v) is 5.76. The minimum atomic E-state index is -3.49. The van der Waals surface area contributed by atoms with Crippen molar-refractivity contribution in [3.8, 4) is 11.8 Å². The van der Waals surface area contributed by atoms with Crippen LogP contribution in [0.5, 0.6) is 0 Å². The van der Waals surface area contributed by atoms with E-state index in [1.807, 2.05) is 6.92 Å². The number of hydrogen-bond donors (Lipinski definition) is 0. The monoisotopic (exact) mass is 549 g/mol. The summed E-state index contributed by atoms with van der Waals surface area (Å²) in [6.07, 6.45) is 1.56. The average Bonchev–Trinajstić information content (AvgIpc) is 2.84. The van der Waals surface area contributed by atoms with E-state index < -0.39 is 10.0 Å². The molecule has 0 saturated carbocycles. The topological polar surface area (TPSA) is 157 Å². The molecule has 32 heavy (non-hydrogen) atoms. The molecule has 0 bridgehead atoms. The molecule has 0 aliphatic carbocycles. The van der Waals surface area contributed by atoms with Crippen LogP contribution in [0.4, 0.5) is 0 Å². The number of aryl methyl sites for hydroxylation is 1. The Morgan fingerprint density at radius 1 is 0.875 bits per heavy atom. The molecule has 0 aliphatic heterocycles. The first-order valence-corrected chi connectivity index (χ1v) is 8.26. The van der Waals surface area contributed by atoms with Crippen LogP contribution in [0.15, 0.2) is 41.8 Å². The average molecular weight is 549 g/mol. The fraction of sp³-hybridized carbons (Fsp3) is 0.200. The predicted molar refractivity (Wildman–Crippen MR) is 97.2 cm³/mol. The minimum Gasteiger partial charge on any atom is 0 e. The SMILES string of the molecule is C=CCN(CC#CC)S(=O)(=O)c1ccc(C)cc1.[C-]#[O+].[C-]#[O+].[C-]#[O+].[C-]#[O+].[C-]#[O+].[C-]#[O+].[Co].[Co]. The zero-order valence-electron chi connectivity index (χ0n) is 16.8. The summed E-state index contributed by atoms with van der Waals surface area (Å²) in [6, 6.07) is 6.79.